The minimum Gasteiger partial charge on any atom is -0.382 e. The molecule has 0 aliphatic heterocycles. The van der Waals surface area contributed by atoms with E-state index in [1.54, 1.807) is 10.9 Å². The maximum atomic E-state index is 6.39. The molecule has 0 saturated carbocycles. The summed E-state index contributed by atoms with van der Waals surface area (Å²) in [5.41, 5.74) is 9.93. The smallest absolute Gasteiger partial charge is 0.234 e. The second-order valence-corrected chi connectivity index (χ2v) is 7.41. The first-order chi connectivity index (χ1) is 15.7. The largest absolute Gasteiger partial charge is 0.382 e. The summed E-state index contributed by atoms with van der Waals surface area (Å²) in [7, 11) is 0. The molecular formula is C24H24N8. The lowest BCUT2D eigenvalue weighted by Crippen LogP contribution is -2.23. The van der Waals surface area contributed by atoms with E-state index in [-0.39, 0.29) is 0 Å². The lowest BCUT2D eigenvalue weighted by Gasteiger charge is -2.23. The van der Waals surface area contributed by atoms with Crippen molar-refractivity contribution >= 4 is 28.6 Å². The van der Waals surface area contributed by atoms with Crippen molar-refractivity contribution in [2.45, 2.75) is 19.9 Å². The summed E-state index contributed by atoms with van der Waals surface area (Å²) in [4.78, 5) is 16.4. The number of aryl methyl sites for hydroxylation is 1. The van der Waals surface area contributed by atoms with Crippen LogP contribution in [0.4, 0.5) is 17.5 Å². The number of imidazole rings is 1. The van der Waals surface area contributed by atoms with E-state index in [4.69, 9.17) is 10.7 Å². The second-order valence-electron chi connectivity index (χ2n) is 7.41. The quantitative estimate of drug-likeness (QED) is 0.425. The van der Waals surface area contributed by atoms with Crippen molar-refractivity contribution in [2.24, 2.45) is 0 Å². The number of hydrogen-bond acceptors (Lipinski definition) is 6. The fourth-order valence-corrected chi connectivity index (χ4v) is 3.81. The number of anilines is 3. The molecule has 0 aliphatic carbocycles. The minimum absolute atomic E-state index is 0.353. The SMILES string of the molecule is CCn1c(-n2cccn2)nc2c(N)nc(N(CCc3ccccc3)c3ccccc3)nc21. The van der Waals surface area contributed by atoms with Crippen molar-refractivity contribution in [3.8, 4) is 5.95 Å². The van der Waals surface area contributed by atoms with Crippen molar-refractivity contribution < 1.29 is 0 Å². The van der Waals surface area contributed by atoms with E-state index in [1.165, 1.54) is 5.56 Å². The van der Waals surface area contributed by atoms with E-state index in [0.29, 0.717) is 42.0 Å². The van der Waals surface area contributed by atoms with Crippen LogP contribution in [0.1, 0.15) is 12.5 Å². The van der Waals surface area contributed by atoms with Gasteiger partial charge in [-0.05, 0) is 37.1 Å². The van der Waals surface area contributed by atoms with Gasteiger partial charge in [0.2, 0.25) is 11.9 Å². The molecule has 0 aliphatic rings. The number of para-hydroxylation sites is 1. The Morgan fingerprint density at radius 3 is 2.34 bits per heavy atom. The molecule has 3 aromatic heterocycles. The van der Waals surface area contributed by atoms with Gasteiger partial charge in [0.25, 0.3) is 0 Å². The van der Waals surface area contributed by atoms with Crippen LogP contribution in [-0.4, -0.2) is 35.8 Å². The van der Waals surface area contributed by atoms with Gasteiger partial charge in [0.05, 0.1) is 0 Å². The fourth-order valence-electron chi connectivity index (χ4n) is 3.81. The van der Waals surface area contributed by atoms with Crippen LogP contribution in [0.15, 0.2) is 79.1 Å². The molecule has 8 nitrogen and oxygen atoms in total. The van der Waals surface area contributed by atoms with E-state index in [9.17, 15) is 0 Å². The molecule has 32 heavy (non-hydrogen) atoms. The highest BCUT2D eigenvalue weighted by Crippen LogP contribution is 2.28. The molecule has 8 heteroatoms. The first-order valence-electron chi connectivity index (χ1n) is 10.6. The number of nitrogens with two attached hydrogens (primary N) is 1. The van der Waals surface area contributed by atoms with E-state index in [1.807, 2.05) is 41.1 Å². The molecule has 0 amide bonds. The number of benzene rings is 2. The third kappa shape index (κ3) is 3.66. The van der Waals surface area contributed by atoms with Crippen LogP contribution in [0, 0.1) is 0 Å². The average molecular weight is 425 g/mol. The molecule has 2 N–H and O–H groups in total. The molecule has 0 bridgehead atoms. The highest BCUT2D eigenvalue weighted by atomic mass is 15.4. The number of nitrogens with zero attached hydrogens (tertiary/aromatic N) is 7. The van der Waals surface area contributed by atoms with E-state index in [0.717, 1.165) is 12.1 Å². The van der Waals surface area contributed by atoms with Crippen LogP contribution in [0.3, 0.4) is 0 Å². The van der Waals surface area contributed by atoms with Crippen molar-refractivity contribution in [1.82, 2.24) is 29.3 Å². The molecule has 0 unspecified atom stereocenters. The normalized spacial score (nSPS) is 11.2. The summed E-state index contributed by atoms with van der Waals surface area (Å²) in [5, 5.41) is 4.32. The molecule has 3 heterocycles. The van der Waals surface area contributed by atoms with Gasteiger partial charge in [-0.25, -0.2) is 9.67 Å². The molecule has 5 aromatic rings. The van der Waals surface area contributed by atoms with Crippen molar-refractivity contribution in [3.05, 3.63) is 84.7 Å². The predicted molar refractivity (Wildman–Crippen MR) is 126 cm³/mol. The van der Waals surface area contributed by atoms with Gasteiger partial charge in [0.1, 0.15) is 0 Å². The number of fused-ring (bicyclic) bond motifs is 1. The lowest BCUT2D eigenvalue weighted by molar-refractivity contribution is 0.696. The first kappa shape index (κ1) is 19.7. The highest BCUT2D eigenvalue weighted by Gasteiger charge is 2.20. The zero-order valence-corrected chi connectivity index (χ0v) is 17.8. The minimum atomic E-state index is 0.353. The van der Waals surface area contributed by atoms with Crippen molar-refractivity contribution in [2.75, 3.05) is 17.2 Å². The van der Waals surface area contributed by atoms with Gasteiger partial charge < -0.3 is 10.6 Å². The van der Waals surface area contributed by atoms with Gasteiger partial charge in [-0.15, -0.1) is 0 Å². The highest BCUT2D eigenvalue weighted by molar-refractivity contribution is 5.85. The number of nitrogen functional groups attached to an aromatic ring is 1. The van der Waals surface area contributed by atoms with Gasteiger partial charge in [0, 0.05) is 31.2 Å². The molecule has 0 saturated heterocycles. The van der Waals surface area contributed by atoms with Crippen LogP contribution in [-0.2, 0) is 13.0 Å². The summed E-state index contributed by atoms with van der Waals surface area (Å²) in [6.07, 6.45) is 4.43. The number of aromatic nitrogens is 6. The predicted octanol–water partition coefficient (Wildman–Crippen LogP) is 3.99. The summed E-state index contributed by atoms with van der Waals surface area (Å²) in [5.74, 6) is 1.58. The van der Waals surface area contributed by atoms with Crippen LogP contribution in [0.5, 0.6) is 0 Å². The van der Waals surface area contributed by atoms with E-state index in [2.05, 4.69) is 63.3 Å². The van der Waals surface area contributed by atoms with Crippen LogP contribution in [0.2, 0.25) is 0 Å². The van der Waals surface area contributed by atoms with Gasteiger partial charge in [0.15, 0.2) is 17.0 Å². The Labute approximate surface area is 186 Å². The Balaban J connectivity index is 1.60. The van der Waals surface area contributed by atoms with Crippen LogP contribution >= 0.6 is 0 Å². The number of rotatable bonds is 7. The monoisotopic (exact) mass is 424 g/mol. The van der Waals surface area contributed by atoms with Gasteiger partial charge >= 0.3 is 0 Å². The topological polar surface area (TPSA) is 90.7 Å². The Bertz CT molecular complexity index is 1310. The lowest BCUT2D eigenvalue weighted by atomic mass is 10.1. The van der Waals surface area contributed by atoms with E-state index >= 15 is 0 Å². The maximum absolute atomic E-state index is 6.39. The summed E-state index contributed by atoms with van der Waals surface area (Å²) >= 11 is 0. The van der Waals surface area contributed by atoms with Crippen molar-refractivity contribution in [1.29, 1.82) is 0 Å². The summed E-state index contributed by atoms with van der Waals surface area (Å²) in [6, 6.07) is 22.4. The maximum Gasteiger partial charge on any atom is 0.234 e. The molecule has 5 rings (SSSR count). The standard InChI is InChI=1S/C24H24N8/c1-2-30-22-20(27-24(30)32-16-9-15-26-32)21(25)28-23(29-22)31(19-12-7-4-8-13-19)17-14-18-10-5-3-6-11-18/h3-13,15-16H,2,14,17H2,1H3,(H2,25,28,29). The van der Waals surface area contributed by atoms with E-state index < -0.39 is 0 Å². The first-order valence-corrected chi connectivity index (χ1v) is 10.6. The van der Waals surface area contributed by atoms with Gasteiger partial charge in [-0.1, -0.05) is 48.5 Å². The third-order valence-electron chi connectivity index (χ3n) is 5.39. The number of hydrogen-bond donors (Lipinski definition) is 1. The second kappa shape index (κ2) is 8.50. The van der Waals surface area contributed by atoms with Crippen LogP contribution in [0.25, 0.3) is 17.1 Å². The zero-order chi connectivity index (χ0) is 21.9. The summed E-state index contributed by atoms with van der Waals surface area (Å²) in [6.45, 7) is 3.44. The molecule has 0 radical (unpaired) electrons. The molecule has 160 valence electrons. The molecule has 0 fully saturated rings. The Morgan fingerprint density at radius 2 is 1.66 bits per heavy atom. The molecule has 0 spiro atoms. The van der Waals surface area contributed by atoms with Crippen LogP contribution < -0.4 is 10.6 Å². The third-order valence-corrected chi connectivity index (χ3v) is 5.39. The van der Waals surface area contributed by atoms with Crippen molar-refractivity contribution in [3.63, 3.8) is 0 Å². The molecule has 2 aromatic carbocycles. The molecular weight excluding hydrogens is 400 g/mol. The summed E-state index contributed by atoms with van der Waals surface area (Å²) < 4.78 is 3.72. The molecule has 0 atom stereocenters. The average Bonchev–Trinajstić information content (AvgIpc) is 3.49. The Hall–Kier alpha value is -4.20. The van der Waals surface area contributed by atoms with Gasteiger partial charge in [-0.2, -0.15) is 15.1 Å². The Kier molecular flexibility index (Phi) is 5.25. The fraction of sp³-hybridized carbons (Fsp3) is 0.167. The van der Waals surface area contributed by atoms with Gasteiger partial charge in [-0.3, -0.25) is 4.57 Å². The zero-order valence-electron chi connectivity index (χ0n) is 17.8. The Morgan fingerprint density at radius 1 is 0.906 bits per heavy atom.